The molecule has 0 aliphatic carbocycles. The summed E-state index contributed by atoms with van der Waals surface area (Å²) in [6, 6.07) is 6.59. The molecular formula is C18H14ClF3N4. The monoisotopic (exact) mass is 378 g/mol. The number of anilines is 1. The summed E-state index contributed by atoms with van der Waals surface area (Å²) in [6.07, 6.45) is -2.97. The van der Waals surface area contributed by atoms with Crippen LogP contribution in [0.5, 0.6) is 0 Å². The zero-order valence-corrected chi connectivity index (χ0v) is 14.6. The molecule has 0 spiro atoms. The van der Waals surface area contributed by atoms with Gasteiger partial charge in [-0.2, -0.15) is 13.2 Å². The zero-order valence-electron chi connectivity index (χ0n) is 13.8. The lowest BCUT2D eigenvalue weighted by molar-refractivity contribution is -0.137. The zero-order chi connectivity index (χ0) is 18.5. The van der Waals surface area contributed by atoms with Crippen LogP contribution in [0.3, 0.4) is 0 Å². The minimum Gasteiger partial charge on any atom is -0.351 e. The van der Waals surface area contributed by atoms with Crippen molar-refractivity contribution in [2.75, 3.05) is 11.4 Å². The van der Waals surface area contributed by atoms with Crippen molar-refractivity contribution in [1.29, 1.82) is 0 Å². The second-order valence-corrected chi connectivity index (χ2v) is 6.63. The second kappa shape index (κ2) is 6.09. The molecule has 1 aliphatic rings. The number of aromatic nitrogens is 3. The molecule has 134 valence electrons. The fraction of sp³-hybridized carbons (Fsp3) is 0.278. The largest absolute Gasteiger partial charge is 0.417 e. The van der Waals surface area contributed by atoms with Crippen LogP contribution in [0.4, 0.5) is 19.0 Å². The smallest absolute Gasteiger partial charge is 0.351 e. The number of halogens is 4. The minimum absolute atomic E-state index is 0.295. The number of pyridine rings is 1. The van der Waals surface area contributed by atoms with Gasteiger partial charge in [-0.25, -0.2) is 9.97 Å². The Morgan fingerprint density at radius 1 is 1.19 bits per heavy atom. The van der Waals surface area contributed by atoms with Gasteiger partial charge in [-0.3, -0.25) is 4.98 Å². The Labute approximate surface area is 152 Å². The average molecular weight is 379 g/mol. The van der Waals surface area contributed by atoms with Crippen LogP contribution in [0.2, 0.25) is 5.02 Å². The molecule has 8 heteroatoms. The van der Waals surface area contributed by atoms with Crippen molar-refractivity contribution in [3.8, 4) is 0 Å². The molecular weight excluding hydrogens is 365 g/mol. The first kappa shape index (κ1) is 17.0. The summed E-state index contributed by atoms with van der Waals surface area (Å²) < 4.78 is 39.0. The summed E-state index contributed by atoms with van der Waals surface area (Å²) in [6.45, 7) is 2.68. The van der Waals surface area contributed by atoms with Crippen molar-refractivity contribution in [1.82, 2.24) is 15.0 Å². The Kier molecular flexibility index (Phi) is 3.99. The Morgan fingerprint density at radius 2 is 2.00 bits per heavy atom. The van der Waals surface area contributed by atoms with Crippen molar-refractivity contribution < 1.29 is 13.2 Å². The number of rotatable bonds is 1. The van der Waals surface area contributed by atoms with Gasteiger partial charge >= 0.3 is 6.18 Å². The van der Waals surface area contributed by atoms with E-state index in [1.54, 1.807) is 13.0 Å². The fourth-order valence-corrected chi connectivity index (χ4v) is 3.48. The normalized spacial score (nSPS) is 14.6. The summed E-state index contributed by atoms with van der Waals surface area (Å²) in [5.74, 6) is 1.23. The lowest BCUT2D eigenvalue weighted by Crippen LogP contribution is -2.32. The molecule has 0 saturated heterocycles. The third-order valence-electron chi connectivity index (χ3n) is 4.43. The molecule has 4 rings (SSSR count). The van der Waals surface area contributed by atoms with Gasteiger partial charge in [-0.1, -0.05) is 17.7 Å². The minimum atomic E-state index is -4.41. The van der Waals surface area contributed by atoms with Crippen LogP contribution < -0.4 is 4.90 Å². The van der Waals surface area contributed by atoms with E-state index in [0.29, 0.717) is 58.3 Å². The molecule has 3 heterocycles. The average Bonchev–Trinajstić information content (AvgIpc) is 2.59. The molecule has 3 aromatic rings. The van der Waals surface area contributed by atoms with Crippen LogP contribution in [0.25, 0.3) is 10.9 Å². The van der Waals surface area contributed by atoms with Gasteiger partial charge < -0.3 is 4.90 Å². The van der Waals surface area contributed by atoms with Crippen LogP contribution in [0.1, 0.15) is 22.6 Å². The molecule has 0 radical (unpaired) electrons. The van der Waals surface area contributed by atoms with Crippen LogP contribution >= 0.6 is 11.6 Å². The van der Waals surface area contributed by atoms with Gasteiger partial charge in [0.15, 0.2) is 0 Å². The molecule has 1 aromatic carbocycles. The summed E-state index contributed by atoms with van der Waals surface area (Å²) >= 11 is 6.35. The van der Waals surface area contributed by atoms with Crippen LogP contribution in [0, 0.1) is 6.92 Å². The first-order chi connectivity index (χ1) is 12.3. The summed E-state index contributed by atoms with van der Waals surface area (Å²) in [7, 11) is 0. The second-order valence-electron chi connectivity index (χ2n) is 6.23. The highest BCUT2D eigenvalue weighted by Gasteiger charge is 2.32. The highest BCUT2D eigenvalue weighted by Crippen LogP contribution is 2.35. The fourth-order valence-electron chi connectivity index (χ4n) is 3.23. The lowest BCUT2D eigenvalue weighted by atomic mass is 10.0. The van der Waals surface area contributed by atoms with E-state index in [1.165, 1.54) is 6.07 Å². The maximum absolute atomic E-state index is 13.0. The Bertz CT molecular complexity index is 1000. The topological polar surface area (TPSA) is 41.9 Å². The van der Waals surface area contributed by atoms with Gasteiger partial charge in [0.25, 0.3) is 0 Å². The van der Waals surface area contributed by atoms with Gasteiger partial charge in [0.2, 0.25) is 0 Å². The van der Waals surface area contributed by atoms with E-state index in [0.717, 1.165) is 6.20 Å². The Hall–Kier alpha value is -2.41. The summed E-state index contributed by atoms with van der Waals surface area (Å²) in [4.78, 5) is 14.9. The first-order valence-electron chi connectivity index (χ1n) is 8.06. The number of hydrogen-bond acceptors (Lipinski definition) is 4. The Balaban J connectivity index is 1.79. The molecule has 0 bridgehead atoms. The number of hydrogen-bond donors (Lipinski definition) is 0. The molecule has 1 aliphatic heterocycles. The number of alkyl halides is 3. The predicted molar refractivity (Wildman–Crippen MR) is 93.3 cm³/mol. The van der Waals surface area contributed by atoms with E-state index in [1.807, 2.05) is 17.0 Å². The molecule has 26 heavy (non-hydrogen) atoms. The van der Waals surface area contributed by atoms with Gasteiger partial charge in [0.05, 0.1) is 21.5 Å². The molecule has 0 amide bonds. The molecule has 0 N–H and O–H groups in total. The maximum Gasteiger partial charge on any atom is 0.417 e. The highest BCUT2D eigenvalue weighted by atomic mass is 35.5. The van der Waals surface area contributed by atoms with E-state index in [9.17, 15) is 13.2 Å². The van der Waals surface area contributed by atoms with Crippen molar-refractivity contribution in [3.63, 3.8) is 0 Å². The van der Waals surface area contributed by atoms with Gasteiger partial charge in [0, 0.05) is 31.4 Å². The number of aryl methyl sites for hydroxylation is 1. The number of nitrogens with zero attached hydrogens (tertiary/aromatic N) is 4. The molecule has 0 fully saturated rings. The van der Waals surface area contributed by atoms with Gasteiger partial charge in [-0.15, -0.1) is 0 Å². The molecule has 0 saturated carbocycles. The third-order valence-corrected chi connectivity index (χ3v) is 4.75. The van der Waals surface area contributed by atoms with Gasteiger partial charge in [-0.05, 0) is 30.7 Å². The third kappa shape index (κ3) is 2.96. The molecule has 0 unspecified atom stereocenters. The van der Waals surface area contributed by atoms with E-state index >= 15 is 0 Å². The number of benzene rings is 1. The van der Waals surface area contributed by atoms with Crippen LogP contribution in [0.15, 0.2) is 30.5 Å². The quantitative estimate of drug-likeness (QED) is 0.622. The maximum atomic E-state index is 13.0. The summed E-state index contributed by atoms with van der Waals surface area (Å²) in [5, 5.41) is 1.23. The SMILES string of the molecule is Cc1nc(N2CCc3ncc(C(F)(F)F)cc3C2)c2c(Cl)cccc2n1. The summed E-state index contributed by atoms with van der Waals surface area (Å²) in [5.41, 5.74) is 1.23. The predicted octanol–water partition coefficient (Wildman–Crippen LogP) is 4.57. The van der Waals surface area contributed by atoms with Crippen molar-refractivity contribution >= 4 is 28.3 Å². The molecule has 2 aromatic heterocycles. The first-order valence-corrected chi connectivity index (χ1v) is 8.43. The van der Waals surface area contributed by atoms with Crippen LogP contribution in [-0.4, -0.2) is 21.5 Å². The van der Waals surface area contributed by atoms with E-state index < -0.39 is 11.7 Å². The Morgan fingerprint density at radius 3 is 2.77 bits per heavy atom. The van der Waals surface area contributed by atoms with Gasteiger partial charge in [0.1, 0.15) is 11.6 Å². The van der Waals surface area contributed by atoms with E-state index in [4.69, 9.17) is 11.6 Å². The lowest BCUT2D eigenvalue weighted by Gasteiger charge is -2.30. The van der Waals surface area contributed by atoms with Crippen molar-refractivity contribution in [2.24, 2.45) is 0 Å². The van der Waals surface area contributed by atoms with Crippen LogP contribution in [-0.2, 0) is 19.1 Å². The molecule has 0 atom stereocenters. The standard InChI is InChI=1S/C18H14ClF3N4/c1-10-24-15-4-2-3-13(19)16(15)17(25-10)26-6-5-14-11(9-26)7-12(8-23-14)18(20,21)22/h2-4,7-8H,5-6,9H2,1H3. The van der Waals surface area contributed by atoms with Crippen molar-refractivity contribution in [3.05, 3.63) is 58.1 Å². The highest BCUT2D eigenvalue weighted by molar-refractivity contribution is 6.36. The number of fused-ring (bicyclic) bond motifs is 2. The van der Waals surface area contributed by atoms with Crippen molar-refractivity contribution in [2.45, 2.75) is 26.1 Å². The van der Waals surface area contributed by atoms with E-state index in [2.05, 4.69) is 15.0 Å². The van der Waals surface area contributed by atoms with E-state index in [-0.39, 0.29) is 0 Å². The molecule has 4 nitrogen and oxygen atoms in total.